The maximum Gasteiger partial charge on any atom is 0.122 e. The Kier molecular flexibility index (Phi) is 20.1. The van der Waals surface area contributed by atoms with Gasteiger partial charge in [0.2, 0.25) is 0 Å². The fourth-order valence-corrected chi connectivity index (χ4v) is 13.3. The molecule has 0 aliphatic carbocycles. The zero-order chi connectivity index (χ0) is 65.5. The van der Waals surface area contributed by atoms with Crippen LogP contribution in [0.4, 0.5) is 0 Å². The van der Waals surface area contributed by atoms with Gasteiger partial charge in [-0.25, -0.2) is 0 Å². The molecular formula is C83H88O9. The molecule has 1 unspecified atom stereocenters. The normalized spacial score (nSPS) is 12.0. The van der Waals surface area contributed by atoms with Crippen LogP contribution in [0.3, 0.4) is 0 Å². The maximum absolute atomic E-state index is 12.6. The van der Waals surface area contributed by atoms with Crippen molar-refractivity contribution in [3.8, 4) is 51.7 Å². The molecule has 10 aromatic carbocycles. The molecule has 0 spiro atoms. The average molecular weight is 1230 g/mol. The second-order valence-corrected chi connectivity index (χ2v) is 25.6. The highest BCUT2D eigenvalue weighted by Gasteiger charge is 2.29. The molecule has 9 heteroatoms. The molecule has 0 heterocycles. The van der Waals surface area contributed by atoms with Crippen LogP contribution in [-0.4, -0.2) is 46.0 Å². The summed E-state index contributed by atoms with van der Waals surface area (Å²) in [6.07, 6.45) is 6.81. The van der Waals surface area contributed by atoms with Crippen LogP contribution >= 0.6 is 0 Å². The third-order valence-electron chi connectivity index (χ3n) is 19.0. The average Bonchev–Trinajstić information content (AvgIpc) is 0.880. The predicted octanol–water partition coefficient (Wildman–Crippen LogP) is 17.7. The smallest absolute Gasteiger partial charge is 0.122 e. The highest BCUT2D eigenvalue weighted by molar-refractivity contribution is 5.57. The van der Waals surface area contributed by atoms with Gasteiger partial charge in [0.15, 0.2) is 0 Å². The lowest BCUT2D eigenvalue weighted by molar-refractivity contribution is 0.461. The molecule has 0 saturated heterocycles. The summed E-state index contributed by atoms with van der Waals surface area (Å²) in [7, 11) is 0. The first-order chi connectivity index (χ1) is 44.2. The summed E-state index contributed by atoms with van der Waals surface area (Å²) in [5, 5.41) is 102. The van der Waals surface area contributed by atoms with Crippen LogP contribution in [0.1, 0.15) is 189 Å². The highest BCUT2D eigenvalue weighted by atomic mass is 16.3. The van der Waals surface area contributed by atoms with E-state index in [0.29, 0.717) is 83.5 Å². The third-order valence-corrected chi connectivity index (χ3v) is 19.0. The molecule has 0 aliphatic heterocycles. The van der Waals surface area contributed by atoms with Crippen LogP contribution in [0.15, 0.2) is 170 Å². The van der Waals surface area contributed by atoms with Crippen LogP contribution in [0.25, 0.3) is 0 Å². The molecule has 0 aromatic heterocycles. The molecule has 474 valence electrons. The number of phenols is 9. The van der Waals surface area contributed by atoms with Crippen LogP contribution < -0.4 is 0 Å². The van der Waals surface area contributed by atoms with Gasteiger partial charge in [0.25, 0.3) is 0 Å². The second-order valence-electron chi connectivity index (χ2n) is 25.6. The molecule has 10 aromatic rings. The Balaban J connectivity index is 1.14. The van der Waals surface area contributed by atoms with Crippen molar-refractivity contribution in [2.24, 2.45) is 0 Å². The Labute approximate surface area is 542 Å². The summed E-state index contributed by atoms with van der Waals surface area (Å²) < 4.78 is 0. The summed E-state index contributed by atoms with van der Waals surface area (Å²) >= 11 is 0. The molecule has 0 amide bonds. The number of benzene rings is 10. The van der Waals surface area contributed by atoms with Crippen molar-refractivity contribution in [1.29, 1.82) is 0 Å². The summed E-state index contributed by atoms with van der Waals surface area (Å²) in [6, 6.07) is 55.3. The molecule has 0 fully saturated rings. The predicted molar refractivity (Wildman–Crippen MR) is 370 cm³/mol. The third kappa shape index (κ3) is 14.6. The lowest BCUT2D eigenvalue weighted by Crippen LogP contribution is -2.20. The van der Waals surface area contributed by atoms with Crippen LogP contribution in [0.2, 0.25) is 0 Å². The van der Waals surface area contributed by atoms with Gasteiger partial charge in [-0.15, -0.1) is 0 Å². The van der Waals surface area contributed by atoms with Crippen molar-refractivity contribution in [1.82, 2.24) is 0 Å². The van der Waals surface area contributed by atoms with E-state index in [2.05, 4.69) is 74.5 Å². The van der Waals surface area contributed by atoms with E-state index in [0.717, 1.165) is 128 Å². The number of rotatable bonds is 24. The Bertz CT molecular complexity index is 4080. The van der Waals surface area contributed by atoms with Crippen molar-refractivity contribution in [2.75, 3.05) is 0 Å². The van der Waals surface area contributed by atoms with Gasteiger partial charge in [0.1, 0.15) is 51.7 Å². The maximum atomic E-state index is 12.6. The van der Waals surface area contributed by atoms with E-state index in [-0.39, 0.29) is 57.7 Å². The van der Waals surface area contributed by atoms with E-state index in [1.54, 1.807) is 36.4 Å². The molecule has 10 rings (SSSR count). The van der Waals surface area contributed by atoms with Crippen LogP contribution in [-0.2, 0) is 88.9 Å². The van der Waals surface area contributed by atoms with E-state index in [1.165, 1.54) is 0 Å². The van der Waals surface area contributed by atoms with Gasteiger partial charge in [-0.05, 0) is 209 Å². The minimum absolute atomic E-state index is 0.178. The van der Waals surface area contributed by atoms with Crippen LogP contribution in [0.5, 0.6) is 51.7 Å². The molecule has 9 N–H and O–H groups in total. The van der Waals surface area contributed by atoms with E-state index >= 15 is 0 Å². The van der Waals surface area contributed by atoms with Crippen molar-refractivity contribution in [3.63, 3.8) is 0 Å². The summed E-state index contributed by atoms with van der Waals surface area (Å²) in [5.41, 5.74) is 19.5. The zero-order valence-corrected chi connectivity index (χ0v) is 54.5. The molecular weight excluding hydrogens is 1140 g/mol. The highest BCUT2D eigenvalue weighted by Crippen LogP contribution is 2.43. The molecule has 0 saturated carbocycles. The fraction of sp³-hybridized carbons (Fsp3) is 0.277. The van der Waals surface area contributed by atoms with Crippen LogP contribution in [0, 0.1) is 0 Å². The standard InChI is InChI=1S/C83H88O9/c1-9-57-31-50(15-25-74(57)84)37-65-43-56(44-66(80(65)90)38-51-16-26-75(85)58(10-2)32-51)45-73(64-46-67(39-52-17-27-76(86)59(11-3)33-52)81(91)68(47-64)40-53-18-28-77(87)60(12-4)34-53)63-21-23-71(24-22-63)83(7,8)72-48-69(41-54-19-29-78(88)61(13-5)35-54)82(92)70(49-72)42-55-20-30-79(89)62(14-6)36-55/h15-36,43-44,46-49,73,84-92H,9-14,37-42,45H2,1-8H3. The Hall–Kier alpha value is -9.60. The minimum Gasteiger partial charge on any atom is -0.508 e. The van der Waals surface area contributed by atoms with E-state index in [1.807, 2.05) is 114 Å². The van der Waals surface area contributed by atoms with Crippen molar-refractivity contribution in [2.45, 2.75) is 150 Å². The van der Waals surface area contributed by atoms with Gasteiger partial charge in [0, 0.05) is 49.9 Å². The Morgan fingerprint density at radius 2 is 0.489 bits per heavy atom. The van der Waals surface area contributed by atoms with E-state index in [4.69, 9.17) is 0 Å². The summed E-state index contributed by atoms with van der Waals surface area (Å²) in [4.78, 5) is 0. The number of phenolic OH excluding ortho intramolecular Hbond substituents is 9. The van der Waals surface area contributed by atoms with Gasteiger partial charge in [-0.2, -0.15) is 0 Å². The van der Waals surface area contributed by atoms with Crippen molar-refractivity contribution >= 4 is 0 Å². The SMILES string of the molecule is CCc1cc(Cc2cc(CC(c3ccc(C(C)(C)c4cc(Cc5ccc(O)c(CC)c5)c(O)c(Cc5ccc(O)c(CC)c5)c4)cc3)c3cc(Cc4ccc(O)c(CC)c4)c(O)c(Cc4ccc(O)c(CC)c4)c3)cc(Cc3ccc(O)c(CC)c3)c2O)ccc1O. The zero-order valence-electron chi connectivity index (χ0n) is 54.5. The first-order valence-corrected chi connectivity index (χ1v) is 32.7. The molecule has 0 bridgehead atoms. The summed E-state index contributed by atoms with van der Waals surface area (Å²) in [5.74, 6) is 1.67. The quantitative estimate of drug-likeness (QED) is 0.0284. The number of aromatic hydroxyl groups is 9. The molecule has 1 atom stereocenters. The Morgan fingerprint density at radius 3 is 0.750 bits per heavy atom. The first-order valence-electron chi connectivity index (χ1n) is 32.7. The van der Waals surface area contributed by atoms with Gasteiger partial charge in [-0.3, -0.25) is 0 Å². The van der Waals surface area contributed by atoms with Gasteiger partial charge >= 0.3 is 0 Å². The lowest BCUT2D eigenvalue weighted by Gasteiger charge is -2.29. The first kappa shape index (κ1) is 65.4. The van der Waals surface area contributed by atoms with E-state index < -0.39 is 5.41 Å². The molecule has 9 nitrogen and oxygen atoms in total. The molecule has 92 heavy (non-hydrogen) atoms. The van der Waals surface area contributed by atoms with Gasteiger partial charge < -0.3 is 46.0 Å². The fourth-order valence-electron chi connectivity index (χ4n) is 13.3. The Morgan fingerprint density at radius 1 is 0.250 bits per heavy atom. The van der Waals surface area contributed by atoms with Gasteiger partial charge in [-0.1, -0.05) is 189 Å². The second kappa shape index (κ2) is 28.3. The number of hydrogen-bond donors (Lipinski definition) is 9. The lowest BCUT2D eigenvalue weighted by atomic mass is 9.75. The number of hydrogen-bond acceptors (Lipinski definition) is 9. The minimum atomic E-state index is -0.599. The largest absolute Gasteiger partial charge is 0.508 e. The number of aryl methyl sites for hydroxylation is 6. The molecule has 0 aliphatic rings. The summed E-state index contributed by atoms with van der Waals surface area (Å²) in [6.45, 7) is 16.5. The van der Waals surface area contributed by atoms with Gasteiger partial charge in [0.05, 0.1) is 0 Å². The monoisotopic (exact) mass is 1230 g/mol. The molecule has 0 radical (unpaired) electrons. The topological polar surface area (TPSA) is 182 Å². The van der Waals surface area contributed by atoms with Crippen molar-refractivity contribution in [3.05, 3.63) is 298 Å². The van der Waals surface area contributed by atoms with Crippen molar-refractivity contribution < 1.29 is 46.0 Å². The van der Waals surface area contributed by atoms with E-state index in [9.17, 15) is 46.0 Å².